The molecule has 96 valence electrons. The fourth-order valence-corrected chi connectivity index (χ4v) is 2.04. The highest BCUT2D eigenvalue weighted by Crippen LogP contribution is 2.12. The van der Waals surface area contributed by atoms with E-state index in [-0.39, 0.29) is 0 Å². The van der Waals surface area contributed by atoms with E-state index in [9.17, 15) is 0 Å². The number of hydrogen-bond acceptors (Lipinski definition) is 2. The molecule has 0 atom stereocenters. The molecule has 0 fully saturated rings. The van der Waals surface area contributed by atoms with Gasteiger partial charge in [0.05, 0.1) is 11.6 Å². The topological polar surface area (TPSA) is 35.8 Å². The van der Waals surface area contributed by atoms with E-state index in [1.165, 1.54) is 22.3 Å². The Balaban J connectivity index is 1.93. The van der Waals surface area contributed by atoms with Crippen molar-refractivity contribution in [3.8, 4) is 6.07 Å². The quantitative estimate of drug-likeness (QED) is 0.902. The normalized spacial score (nSPS) is 10.2. The van der Waals surface area contributed by atoms with Crippen molar-refractivity contribution < 1.29 is 0 Å². The lowest BCUT2D eigenvalue weighted by atomic mass is 10.0. The minimum absolute atomic E-state index is 0.707. The monoisotopic (exact) mass is 250 g/mol. The van der Waals surface area contributed by atoms with E-state index in [0.717, 1.165) is 13.1 Å². The van der Waals surface area contributed by atoms with Crippen LogP contribution >= 0.6 is 0 Å². The van der Waals surface area contributed by atoms with Crippen molar-refractivity contribution in [3.63, 3.8) is 0 Å². The Morgan fingerprint density at radius 2 is 1.74 bits per heavy atom. The van der Waals surface area contributed by atoms with Crippen LogP contribution in [0.15, 0.2) is 42.5 Å². The lowest BCUT2D eigenvalue weighted by Crippen LogP contribution is -2.13. The van der Waals surface area contributed by atoms with Crippen LogP contribution < -0.4 is 5.32 Å². The fourth-order valence-electron chi connectivity index (χ4n) is 2.04. The van der Waals surface area contributed by atoms with E-state index < -0.39 is 0 Å². The molecule has 0 saturated heterocycles. The summed E-state index contributed by atoms with van der Waals surface area (Å²) in [5, 5.41) is 12.2. The number of nitrogens with zero attached hydrogens (tertiary/aromatic N) is 1. The van der Waals surface area contributed by atoms with Crippen molar-refractivity contribution in [2.45, 2.75) is 26.9 Å². The second-order valence-electron chi connectivity index (χ2n) is 4.77. The Morgan fingerprint density at radius 1 is 1.00 bits per heavy atom. The molecule has 0 bridgehead atoms. The number of nitriles is 1. The Bertz CT molecular complexity index is 592. The maximum atomic E-state index is 8.74. The Morgan fingerprint density at radius 3 is 2.42 bits per heavy atom. The molecule has 0 amide bonds. The summed E-state index contributed by atoms with van der Waals surface area (Å²) < 4.78 is 0. The van der Waals surface area contributed by atoms with Gasteiger partial charge in [-0.2, -0.15) is 5.26 Å². The van der Waals surface area contributed by atoms with Crippen LogP contribution in [0.1, 0.15) is 27.8 Å². The van der Waals surface area contributed by atoms with E-state index in [2.05, 4.69) is 43.4 Å². The SMILES string of the molecule is Cc1cccc(CNCc2ccc(C#N)cc2)c1C. The highest BCUT2D eigenvalue weighted by atomic mass is 14.8. The summed E-state index contributed by atoms with van der Waals surface area (Å²) in [6.07, 6.45) is 0. The van der Waals surface area contributed by atoms with Gasteiger partial charge in [0.1, 0.15) is 0 Å². The first kappa shape index (κ1) is 13.3. The standard InChI is InChI=1S/C17H18N2/c1-13-4-3-5-17(14(13)2)12-19-11-16-8-6-15(10-18)7-9-16/h3-9,19H,11-12H2,1-2H3. The van der Waals surface area contributed by atoms with Crippen LogP contribution in [0, 0.1) is 25.2 Å². The van der Waals surface area contributed by atoms with Gasteiger partial charge < -0.3 is 5.32 Å². The van der Waals surface area contributed by atoms with Crippen LogP contribution in [0.25, 0.3) is 0 Å². The molecule has 1 N–H and O–H groups in total. The minimum atomic E-state index is 0.707. The summed E-state index contributed by atoms with van der Waals surface area (Å²) in [6, 6.07) is 16.2. The predicted molar refractivity (Wildman–Crippen MR) is 77.6 cm³/mol. The first-order valence-electron chi connectivity index (χ1n) is 6.45. The predicted octanol–water partition coefficient (Wildman–Crippen LogP) is 3.46. The number of rotatable bonds is 4. The molecule has 0 saturated carbocycles. The third-order valence-electron chi connectivity index (χ3n) is 3.44. The van der Waals surface area contributed by atoms with E-state index in [1.54, 1.807) is 0 Å². The zero-order valence-corrected chi connectivity index (χ0v) is 11.4. The second kappa shape index (κ2) is 6.17. The van der Waals surface area contributed by atoms with E-state index in [1.807, 2.05) is 24.3 Å². The van der Waals surface area contributed by atoms with Crippen LogP contribution in [0.2, 0.25) is 0 Å². The molecule has 2 nitrogen and oxygen atoms in total. The summed E-state index contributed by atoms with van der Waals surface area (Å²) in [5.74, 6) is 0. The first-order chi connectivity index (χ1) is 9.20. The van der Waals surface area contributed by atoms with Crippen molar-refractivity contribution in [3.05, 3.63) is 70.3 Å². The molecule has 2 heteroatoms. The molecular weight excluding hydrogens is 232 g/mol. The molecule has 19 heavy (non-hydrogen) atoms. The van der Waals surface area contributed by atoms with Gasteiger partial charge in [-0.1, -0.05) is 30.3 Å². The third kappa shape index (κ3) is 3.43. The van der Waals surface area contributed by atoms with Crippen LogP contribution in [-0.4, -0.2) is 0 Å². The summed E-state index contributed by atoms with van der Waals surface area (Å²) in [4.78, 5) is 0. The average molecular weight is 250 g/mol. The maximum Gasteiger partial charge on any atom is 0.0991 e. The lowest BCUT2D eigenvalue weighted by Gasteiger charge is -2.10. The van der Waals surface area contributed by atoms with Crippen molar-refractivity contribution in [1.29, 1.82) is 5.26 Å². The van der Waals surface area contributed by atoms with Gasteiger partial charge in [-0.25, -0.2) is 0 Å². The Hall–Kier alpha value is -2.11. The highest BCUT2D eigenvalue weighted by molar-refractivity contribution is 5.33. The van der Waals surface area contributed by atoms with Gasteiger partial charge in [0, 0.05) is 13.1 Å². The van der Waals surface area contributed by atoms with E-state index >= 15 is 0 Å². The molecule has 0 spiro atoms. The van der Waals surface area contributed by atoms with Crippen molar-refractivity contribution in [2.24, 2.45) is 0 Å². The molecular formula is C17H18N2. The van der Waals surface area contributed by atoms with Crippen molar-refractivity contribution in [2.75, 3.05) is 0 Å². The summed E-state index contributed by atoms with van der Waals surface area (Å²) in [7, 11) is 0. The number of nitrogens with one attached hydrogen (secondary N) is 1. The van der Waals surface area contributed by atoms with Gasteiger partial charge in [-0.05, 0) is 48.2 Å². The molecule has 0 unspecified atom stereocenters. The zero-order chi connectivity index (χ0) is 13.7. The van der Waals surface area contributed by atoms with Crippen LogP contribution in [0.3, 0.4) is 0 Å². The molecule has 2 aromatic carbocycles. The second-order valence-corrected chi connectivity index (χ2v) is 4.77. The van der Waals surface area contributed by atoms with E-state index in [4.69, 9.17) is 5.26 Å². The van der Waals surface area contributed by atoms with Gasteiger partial charge in [0.2, 0.25) is 0 Å². The zero-order valence-electron chi connectivity index (χ0n) is 11.4. The molecule has 2 aromatic rings. The van der Waals surface area contributed by atoms with Crippen LogP contribution in [0.5, 0.6) is 0 Å². The summed E-state index contributed by atoms with van der Waals surface area (Å²) in [6.45, 7) is 5.99. The molecule has 0 aliphatic heterocycles. The van der Waals surface area contributed by atoms with E-state index in [0.29, 0.717) is 5.56 Å². The van der Waals surface area contributed by atoms with Crippen molar-refractivity contribution in [1.82, 2.24) is 5.32 Å². The molecule has 0 aliphatic carbocycles. The Labute approximate surface area is 114 Å². The van der Waals surface area contributed by atoms with Gasteiger partial charge in [-0.15, -0.1) is 0 Å². The molecule has 0 radical (unpaired) electrons. The maximum absolute atomic E-state index is 8.74. The van der Waals surface area contributed by atoms with Gasteiger partial charge in [0.25, 0.3) is 0 Å². The number of aryl methyl sites for hydroxylation is 1. The van der Waals surface area contributed by atoms with Gasteiger partial charge in [-0.3, -0.25) is 0 Å². The van der Waals surface area contributed by atoms with Gasteiger partial charge >= 0.3 is 0 Å². The third-order valence-corrected chi connectivity index (χ3v) is 3.44. The molecule has 0 aliphatic rings. The first-order valence-corrected chi connectivity index (χ1v) is 6.45. The summed E-state index contributed by atoms with van der Waals surface area (Å²) >= 11 is 0. The number of benzene rings is 2. The molecule has 0 heterocycles. The van der Waals surface area contributed by atoms with Crippen LogP contribution in [-0.2, 0) is 13.1 Å². The van der Waals surface area contributed by atoms with Crippen molar-refractivity contribution >= 4 is 0 Å². The highest BCUT2D eigenvalue weighted by Gasteiger charge is 2.00. The summed E-state index contributed by atoms with van der Waals surface area (Å²) in [5.41, 5.74) is 5.93. The largest absolute Gasteiger partial charge is 0.309 e. The number of hydrogen-bond donors (Lipinski definition) is 1. The van der Waals surface area contributed by atoms with Crippen LogP contribution in [0.4, 0.5) is 0 Å². The fraction of sp³-hybridized carbons (Fsp3) is 0.235. The molecule has 2 rings (SSSR count). The van der Waals surface area contributed by atoms with Gasteiger partial charge in [0.15, 0.2) is 0 Å². The lowest BCUT2D eigenvalue weighted by molar-refractivity contribution is 0.690. The molecule has 0 aromatic heterocycles. The minimum Gasteiger partial charge on any atom is -0.309 e. The Kier molecular flexibility index (Phi) is 4.33. The average Bonchev–Trinajstić information content (AvgIpc) is 2.44. The smallest absolute Gasteiger partial charge is 0.0991 e.